The molecule has 1 unspecified atom stereocenters. The van der Waals surface area contributed by atoms with Crippen LogP contribution in [0, 0.1) is 0 Å². The molecule has 0 amide bonds. The van der Waals surface area contributed by atoms with Gasteiger partial charge in [0.05, 0.1) is 5.60 Å². The fourth-order valence-corrected chi connectivity index (χ4v) is 2.87. The smallest absolute Gasteiger partial charge is 0.133 e. The molecule has 0 bridgehead atoms. The van der Waals surface area contributed by atoms with Crippen molar-refractivity contribution in [2.75, 3.05) is 31.1 Å². The molecule has 1 saturated heterocycles. The fraction of sp³-hybridized carbons (Fsp3) is 0.750. The Kier molecular flexibility index (Phi) is 4.84. The molecular formula is C16H28N4O. The number of piperazine rings is 1. The topological polar surface area (TPSA) is 52.5 Å². The maximum atomic E-state index is 9.96. The highest BCUT2D eigenvalue weighted by Crippen LogP contribution is 2.21. The molecule has 0 radical (unpaired) electrons. The molecule has 1 aromatic rings. The van der Waals surface area contributed by atoms with Gasteiger partial charge in [0.15, 0.2) is 0 Å². The molecule has 2 rings (SSSR count). The maximum absolute atomic E-state index is 9.96. The molecular weight excluding hydrogens is 264 g/mol. The third-order valence-electron chi connectivity index (χ3n) is 3.79. The third kappa shape index (κ3) is 4.38. The summed E-state index contributed by atoms with van der Waals surface area (Å²) in [5.74, 6) is 2.26. The Morgan fingerprint density at radius 2 is 2.10 bits per heavy atom. The average Bonchev–Trinajstić information content (AvgIpc) is 2.37. The average molecular weight is 292 g/mol. The normalized spacial score (nSPS) is 21.1. The Morgan fingerprint density at radius 1 is 1.38 bits per heavy atom. The summed E-state index contributed by atoms with van der Waals surface area (Å²) < 4.78 is 0. The summed E-state index contributed by atoms with van der Waals surface area (Å²) in [5.41, 5.74) is -0.637. The first-order valence-corrected chi connectivity index (χ1v) is 7.80. The zero-order valence-electron chi connectivity index (χ0n) is 13.9. The monoisotopic (exact) mass is 292 g/mol. The Labute approximate surface area is 128 Å². The zero-order chi connectivity index (χ0) is 15.6. The van der Waals surface area contributed by atoms with Crippen LogP contribution in [0.4, 0.5) is 5.82 Å². The Morgan fingerprint density at radius 3 is 2.67 bits per heavy atom. The lowest BCUT2D eigenvalue weighted by atomic mass is 10.1. The highest BCUT2D eigenvalue weighted by atomic mass is 16.3. The van der Waals surface area contributed by atoms with E-state index in [4.69, 9.17) is 4.98 Å². The molecule has 1 fully saturated rings. The van der Waals surface area contributed by atoms with Crippen molar-refractivity contribution < 1.29 is 5.11 Å². The van der Waals surface area contributed by atoms with Crippen LogP contribution in [0.1, 0.15) is 46.4 Å². The van der Waals surface area contributed by atoms with E-state index < -0.39 is 5.60 Å². The van der Waals surface area contributed by atoms with Crippen LogP contribution in [0.25, 0.3) is 0 Å². The van der Waals surface area contributed by atoms with Gasteiger partial charge in [0.1, 0.15) is 11.6 Å². The predicted octanol–water partition coefficient (Wildman–Crippen LogP) is 1.88. The Hall–Kier alpha value is -1.20. The number of anilines is 1. The molecule has 1 atom stereocenters. The molecule has 0 spiro atoms. The van der Waals surface area contributed by atoms with Crippen molar-refractivity contribution in [1.82, 2.24) is 14.9 Å². The van der Waals surface area contributed by atoms with Crippen LogP contribution in [0.5, 0.6) is 0 Å². The Bertz CT molecular complexity index is 470. The molecule has 0 aliphatic carbocycles. The van der Waals surface area contributed by atoms with E-state index in [-0.39, 0.29) is 0 Å². The first-order valence-electron chi connectivity index (χ1n) is 7.80. The molecule has 1 aromatic heterocycles. The summed E-state index contributed by atoms with van der Waals surface area (Å²) in [6.45, 7) is 13.7. The van der Waals surface area contributed by atoms with E-state index >= 15 is 0 Å². The lowest BCUT2D eigenvalue weighted by molar-refractivity contribution is 0.0307. The number of hydrogen-bond acceptors (Lipinski definition) is 5. The minimum atomic E-state index is -0.637. The van der Waals surface area contributed by atoms with E-state index in [1.54, 1.807) is 0 Å². The van der Waals surface area contributed by atoms with E-state index in [9.17, 15) is 5.11 Å². The number of aromatic nitrogens is 2. The van der Waals surface area contributed by atoms with Crippen molar-refractivity contribution in [1.29, 1.82) is 0 Å². The molecule has 1 N–H and O–H groups in total. The van der Waals surface area contributed by atoms with E-state index in [0.717, 1.165) is 31.3 Å². The molecule has 5 heteroatoms. The van der Waals surface area contributed by atoms with Gasteiger partial charge >= 0.3 is 0 Å². The minimum absolute atomic E-state index is 0.344. The van der Waals surface area contributed by atoms with Crippen LogP contribution < -0.4 is 4.90 Å². The number of β-amino-alcohol motifs (C(OH)–C–C–N with tert-alkyl or cyclic N) is 1. The first-order chi connectivity index (χ1) is 9.76. The van der Waals surface area contributed by atoms with Crippen LogP contribution in [0.2, 0.25) is 0 Å². The third-order valence-corrected chi connectivity index (χ3v) is 3.79. The largest absolute Gasteiger partial charge is 0.389 e. The summed E-state index contributed by atoms with van der Waals surface area (Å²) in [4.78, 5) is 13.7. The van der Waals surface area contributed by atoms with Gasteiger partial charge in [-0.15, -0.1) is 0 Å². The molecule has 1 aliphatic heterocycles. The lowest BCUT2D eigenvalue weighted by Crippen LogP contribution is -2.55. The van der Waals surface area contributed by atoms with E-state index in [2.05, 4.69) is 35.6 Å². The first kappa shape index (κ1) is 16.2. The fourth-order valence-electron chi connectivity index (χ4n) is 2.87. The SMILES string of the molecule is CC(C)c1nccc(N2CCN(CC(C)(C)O)CC2C)n1. The molecule has 118 valence electrons. The highest BCUT2D eigenvalue weighted by Gasteiger charge is 2.28. The summed E-state index contributed by atoms with van der Waals surface area (Å²) in [6.07, 6.45) is 1.85. The van der Waals surface area contributed by atoms with Crippen molar-refractivity contribution in [3.8, 4) is 0 Å². The van der Waals surface area contributed by atoms with Crippen LogP contribution in [0.15, 0.2) is 12.3 Å². The number of rotatable bonds is 4. The number of nitrogens with zero attached hydrogens (tertiary/aromatic N) is 4. The zero-order valence-corrected chi connectivity index (χ0v) is 13.9. The van der Waals surface area contributed by atoms with Gasteiger partial charge in [0.2, 0.25) is 0 Å². The molecule has 0 aromatic carbocycles. The van der Waals surface area contributed by atoms with E-state index in [1.807, 2.05) is 26.1 Å². The minimum Gasteiger partial charge on any atom is -0.389 e. The highest BCUT2D eigenvalue weighted by molar-refractivity contribution is 5.40. The van der Waals surface area contributed by atoms with Gasteiger partial charge in [-0.3, -0.25) is 4.90 Å². The molecule has 5 nitrogen and oxygen atoms in total. The number of aliphatic hydroxyl groups is 1. The summed E-state index contributed by atoms with van der Waals surface area (Å²) in [6, 6.07) is 2.38. The van der Waals surface area contributed by atoms with Crippen LogP contribution in [0.3, 0.4) is 0 Å². The predicted molar refractivity (Wildman–Crippen MR) is 85.7 cm³/mol. The standard InChI is InChI=1S/C16H28N4O/c1-12(2)15-17-7-6-14(18-15)20-9-8-19(10-13(20)3)11-16(4,5)21/h6-7,12-13,21H,8-11H2,1-5H3. The van der Waals surface area contributed by atoms with Crippen molar-refractivity contribution in [2.45, 2.75) is 52.2 Å². The lowest BCUT2D eigenvalue weighted by Gasteiger charge is -2.42. The van der Waals surface area contributed by atoms with Crippen molar-refractivity contribution in [2.24, 2.45) is 0 Å². The van der Waals surface area contributed by atoms with Crippen LogP contribution >= 0.6 is 0 Å². The van der Waals surface area contributed by atoms with Gasteiger partial charge < -0.3 is 10.0 Å². The second-order valence-electron chi connectivity index (χ2n) is 7.02. The maximum Gasteiger partial charge on any atom is 0.133 e. The van der Waals surface area contributed by atoms with Gasteiger partial charge in [0.25, 0.3) is 0 Å². The summed E-state index contributed by atoms with van der Waals surface area (Å²) in [5, 5.41) is 9.96. The Balaban J connectivity index is 2.05. The van der Waals surface area contributed by atoms with Crippen molar-refractivity contribution >= 4 is 5.82 Å². The molecule has 0 saturated carbocycles. The quantitative estimate of drug-likeness (QED) is 0.918. The molecule has 21 heavy (non-hydrogen) atoms. The van der Waals surface area contributed by atoms with Gasteiger partial charge in [-0.2, -0.15) is 0 Å². The second kappa shape index (κ2) is 6.28. The van der Waals surface area contributed by atoms with Gasteiger partial charge in [-0.25, -0.2) is 9.97 Å². The van der Waals surface area contributed by atoms with Crippen LogP contribution in [-0.2, 0) is 0 Å². The van der Waals surface area contributed by atoms with Gasteiger partial charge in [-0.1, -0.05) is 13.8 Å². The van der Waals surface area contributed by atoms with E-state index in [1.165, 1.54) is 0 Å². The van der Waals surface area contributed by atoms with Crippen molar-refractivity contribution in [3.05, 3.63) is 18.1 Å². The summed E-state index contributed by atoms with van der Waals surface area (Å²) >= 11 is 0. The molecule has 2 heterocycles. The number of hydrogen-bond donors (Lipinski definition) is 1. The van der Waals surface area contributed by atoms with Gasteiger partial charge in [-0.05, 0) is 26.8 Å². The van der Waals surface area contributed by atoms with Crippen LogP contribution in [-0.4, -0.2) is 57.8 Å². The molecule has 1 aliphatic rings. The van der Waals surface area contributed by atoms with E-state index in [0.29, 0.717) is 18.5 Å². The second-order valence-corrected chi connectivity index (χ2v) is 7.02. The van der Waals surface area contributed by atoms with Crippen molar-refractivity contribution in [3.63, 3.8) is 0 Å². The van der Waals surface area contributed by atoms with Gasteiger partial charge in [0, 0.05) is 44.3 Å². The summed E-state index contributed by atoms with van der Waals surface area (Å²) in [7, 11) is 0.